The first-order valence-electron chi connectivity index (χ1n) is 3.69. The van der Waals surface area contributed by atoms with Crippen LogP contribution >= 0.6 is 0 Å². The lowest BCUT2D eigenvalue weighted by atomic mass is 10.0. The van der Waals surface area contributed by atoms with Gasteiger partial charge in [0.25, 0.3) is 0 Å². The number of aliphatic hydroxyl groups is 3. The molecule has 3 N–H and O–H groups in total. The van der Waals surface area contributed by atoms with E-state index in [0.717, 1.165) is 0 Å². The molecule has 1 fully saturated rings. The van der Waals surface area contributed by atoms with Gasteiger partial charge in [0.15, 0.2) is 0 Å². The minimum atomic E-state index is -1.11. The Morgan fingerprint density at radius 3 is 2.58 bits per heavy atom. The molecule has 5 nitrogen and oxygen atoms in total. The highest BCUT2D eigenvalue weighted by atomic mass is 16.6. The van der Waals surface area contributed by atoms with Crippen molar-refractivity contribution in [3.05, 3.63) is 6.61 Å². The molecular weight excluding hydrogens is 164 g/mol. The molecule has 0 unspecified atom stereocenters. The summed E-state index contributed by atoms with van der Waals surface area (Å²) in [6.07, 6.45) is -3.54. The van der Waals surface area contributed by atoms with E-state index in [0.29, 0.717) is 0 Å². The Morgan fingerprint density at radius 2 is 2.08 bits per heavy atom. The minimum absolute atomic E-state index is 0.328. The molecule has 1 radical (unpaired) electrons. The molecule has 0 amide bonds. The van der Waals surface area contributed by atoms with Gasteiger partial charge in [-0.05, 0) is 0 Å². The summed E-state index contributed by atoms with van der Waals surface area (Å²) in [5, 5.41) is 27.3. The van der Waals surface area contributed by atoms with Crippen molar-refractivity contribution >= 4 is 0 Å². The highest BCUT2D eigenvalue weighted by molar-refractivity contribution is 4.92. The van der Waals surface area contributed by atoms with Crippen molar-refractivity contribution in [3.8, 4) is 0 Å². The second-order valence-corrected chi connectivity index (χ2v) is 2.67. The molecule has 0 saturated carbocycles. The van der Waals surface area contributed by atoms with E-state index in [1.54, 1.807) is 0 Å². The van der Waals surface area contributed by atoms with Gasteiger partial charge in [0, 0.05) is 7.11 Å². The quantitative estimate of drug-likeness (QED) is 0.467. The van der Waals surface area contributed by atoms with Crippen LogP contribution in [0, 0.1) is 6.61 Å². The van der Waals surface area contributed by atoms with E-state index in [-0.39, 0.29) is 6.61 Å². The van der Waals surface area contributed by atoms with Gasteiger partial charge in [0.1, 0.15) is 31.0 Å². The first-order chi connectivity index (χ1) is 5.70. The summed E-state index contributed by atoms with van der Waals surface area (Å²) in [6, 6.07) is 0. The fourth-order valence-corrected chi connectivity index (χ4v) is 1.10. The topological polar surface area (TPSA) is 79.2 Å². The van der Waals surface area contributed by atoms with Crippen LogP contribution in [0.5, 0.6) is 0 Å². The van der Waals surface area contributed by atoms with Crippen molar-refractivity contribution in [2.75, 3.05) is 13.7 Å². The molecule has 1 rings (SSSR count). The number of ether oxygens (including phenoxy) is 2. The monoisotopic (exact) mass is 177 g/mol. The van der Waals surface area contributed by atoms with Gasteiger partial charge in [-0.15, -0.1) is 0 Å². The highest BCUT2D eigenvalue weighted by Crippen LogP contribution is 2.19. The van der Waals surface area contributed by atoms with Crippen LogP contribution in [-0.4, -0.2) is 53.5 Å². The molecule has 1 aliphatic rings. The summed E-state index contributed by atoms with van der Waals surface area (Å²) in [7, 11) is 1.40. The van der Waals surface area contributed by atoms with Gasteiger partial charge in [-0.2, -0.15) is 0 Å². The molecule has 0 spiro atoms. The van der Waals surface area contributed by atoms with Crippen LogP contribution in [0.1, 0.15) is 0 Å². The zero-order valence-corrected chi connectivity index (χ0v) is 6.75. The zero-order chi connectivity index (χ0) is 9.14. The van der Waals surface area contributed by atoms with Crippen molar-refractivity contribution in [3.63, 3.8) is 0 Å². The highest BCUT2D eigenvalue weighted by Gasteiger charge is 2.38. The summed E-state index contributed by atoms with van der Waals surface area (Å²) >= 11 is 0. The lowest BCUT2D eigenvalue weighted by molar-refractivity contribution is -0.177. The number of rotatable bonds is 2. The Balaban J connectivity index is 2.52. The third-order valence-corrected chi connectivity index (χ3v) is 1.91. The van der Waals surface area contributed by atoms with Crippen LogP contribution in [-0.2, 0) is 9.47 Å². The molecule has 0 bridgehead atoms. The van der Waals surface area contributed by atoms with E-state index in [1.165, 1.54) is 13.7 Å². The second-order valence-electron chi connectivity index (χ2n) is 2.67. The number of hydrogen-bond donors (Lipinski definition) is 3. The van der Waals surface area contributed by atoms with E-state index in [2.05, 4.69) is 0 Å². The van der Waals surface area contributed by atoms with Crippen LogP contribution in [0.25, 0.3) is 0 Å². The van der Waals surface area contributed by atoms with Crippen LogP contribution < -0.4 is 0 Å². The SMILES string of the molecule is CO[C@H]1[CH]O[C@H](CO)[C@@H](O)[C@@H]1O. The maximum Gasteiger partial charge on any atom is 0.116 e. The summed E-state index contributed by atoms with van der Waals surface area (Å²) in [4.78, 5) is 0. The molecule has 12 heavy (non-hydrogen) atoms. The number of hydrogen-bond acceptors (Lipinski definition) is 5. The van der Waals surface area contributed by atoms with Crippen LogP contribution in [0.3, 0.4) is 0 Å². The molecule has 71 valence electrons. The van der Waals surface area contributed by atoms with Gasteiger partial charge >= 0.3 is 0 Å². The van der Waals surface area contributed by atoms with Crippen LogP contribution in [0.15, 0.2) is 0 Å². The smallest absolute Gasteiger partial charge is 0.116 e. The second kappa shape index (κ2) is 4.15. The number of aliphatic hydroxyl groups excluding tert-OH is 3. The first-order valence-corrected chi connectivity index (χ1v) is 3.69. The first kappa shape index (κ1) is 9.88. The van der Waals surface area contributed by atoms with Gasteiger partial charge in [-0.3, -0.25) is 0 Å². The molecule has 0 aromatic heterocycles. The Labute approximate surface area is 70.5 Å². The fourth-order valence-electron chi connectivity index (χ4n) is 1.10. The van der Waals surface area contributed by atoms with Crippen molar-refractivity contribution in [1.29, 1.82) is 0 Å². The van der Waals surface area contributed by atoms with Crippen molar-refractivity contribution < 1.29 is 24.8 Å². The standard InChI is InChI=1S/C7H13O5/c1-11-5-3-12-4(2-8)6(9)7(5)10/h3-10H,2H2,1H3/t4-,5+,6-,7-/m1/s1. The maximum atomic E-state index is 9.34. The molecular formula is C7H13O5. The Kier molecular flexibility index (Phi) is 3.42. The van der Waals surface area contributed by atoms with Gasteiger partial charge < -0.3 is 24.8 Å². The molecule has 1 heterocycles. The zero-order valence-electron chi connectivity index (χ0n) is 6.75. The van der Waals surface area contributed by atoms with Gasteiger partial charge in [0.05, 0.1) is 6.61 Å². The predicted molar refractivity (Wildman–Crippen MR) is 39.1 cm³/mol. The molecule has 0 aliphatic carbocycles. The molecule has 5 heteroatoms. The lowest BCUT2D eigenvalue weighted by Gasteiger charge is -2.35. The lowest BCUT2D eigenvalue weighted by Crippen LogP contribution is -2.52. The Morgan fingerprint density at radius 1 is 1.42 bits per heavy atom. The molecule has 4 atom stereocenters. The van der Waals surface area contributed by atoms with Crippen molar-refractivity contribution in [1.82, 2.24) is 0 Å². The minimum Gasteiger partial charge on any atom is -0.394 e. The molecule has 0 aromatic rings. The Bertz CT molecular complexity index is 124. The average Bonchev–Trinajstić information content (AvgIpc) is 2.10. The van der Waals surface area contributed by atoms with Crippen LogP contribution in [0.2, 0.25) is 0 Å². The summed E-state index contributed by atoms with van der Waals surface area (Å²) in [6.45, 7) is 0.948. The summed E-state index contributed by atoms with van der Waals surface area (Å²) < 4.78 is 9.70. The molecule has 1 saturated heterocycles. The van der Waals surface area contributed by atoms with Gasteiger partial charge in [-0.25, -0.2) is 0 Å². The van der Waals surface area contributed by atoms with Gasteiger partial charge in [0.2, 0.25) is 0 Å². The molecule has 0 aromatic carbocycles. The van der Waals surface area contributed by atoms with E-state index < -0.39 is 24.4 Å². The van der Waals surface area contributed by atoms with E-state index >= 15 is 0 Å². The van der Waals surface area contributed by atoms with Crippen molar-refractivity contribution in [2.45, 2.75) is 24.4 Å². The largest absolute Gasteiger partial charge is 0.394 e. The number of methoxy groups -OCH3 is 1. The summed E-state index contributed by atoms with van der Waals surface area (Å²) in [5.74, 6) is 0. The summed E-state index contributed by atoms with van der Waals surface area (Å²) in [5.41, 5.74) is 0. The van der Waals surface area contributed by atoms with E-state index in [4.69, 9.17) is 14.6 Å². The normalized spacial score (nSPS) is 43.0. The third kappa shape index (κ3) is 1.75. The van der Waals surface area contributed by atoms with Gasteiger partial charge in [-0.1, -0.05) is 0 Å². The maximum absolute atomic E-state index is 9.34. The van der Waals surface area contributed by atoms with Crippen LogP contribution in [0.4, 0.5) is 0 Å². The molecule has 1 aliphatic heterocycles. The fraction of sp³-hybridized carbons (Fsp3) is 0.857. The predicted octanol–water partition coefficient (Wildman–Crippen LogP) is -1.72. The average molecular weight is 177 g/mol. The van der Waals surface area contributed by atoms with E-state index in [9.17, 15) is 10.2 Å². The van der Waals surface area contributed by atoms with E-state index in [1.807, 2.05) is 0 Å². The third-order valence-electron chi connectivity index (χ3n) is 1.91. The van der Waals surface area contributed by atoms with Crippen molar-refractivity contribution in [2.24, 2.45) is 0 Å². The Hall–Kier alpha value is -0.200.